The van der Waals surface area contributed by atoms with Crippen molar-refractivity contribution in [1.82, 2.24) is 5.32 Å². The monoisotopic (exact) mass is 265 g/mol. The molecule has 0 radical (unpaired) electrons. The molecule has 5 heteroatoms. The van der Waals surface area contributed by atoms with Crippen LogP contribution in [-0.4, -0.2) is 17.0 Å². The molecular weight excluding hydrogens is 246 g/mol. The van der Waals surface area contributed by atoms with Gasteiger partial charge in [-0.1, -0.05) is 19.3 Å². The van der Waals surface area contributed by atoms with Gasteiger partial charge in [-0.2, -0.15) is 0 Å². The van der Waals surface area contributed by atoms with Gasteiger partial charge in [0.05, 0.1) is 18.7 Å². The topological polar surface area (TPSA) is 79.5 Å². The van der Waals surface area contributed by atoms with Gasteiger partial charge in [0.15, 0.2) is 0 Å². The molecule has 0 aliphatic heterocycles. The SMILES string of the molecule is O=C(O)CC(NC(=O)C1CCCCC1)c1ccco1. The summed E-state index contributed by atoms with van der Waals surface area (Å²) in [7, 11) is 0. The molecule has 1 fully saturated rings. The van der Waals surface area contributed by atoms with Crippen LogP contribution in [0.25, 0.3) is 0 Å². The zero-order chi connectivity index (χ0) is 13.7. The molecule has 0 spiro atoms. The van der Waals surface area contributed by atoms with Gasteiger partial charge in [0, 0.05) is 5.92 Å². The third kappa shape index (κ3) is 3.84. The lowest BCUT2D eigenvalue weighted by molar-refractivity contribution is -0.138. The Hall–Kier alpha value is -1.78. The number of rotatable bonds is 5. The van der Waals surface area contributed by atoms with Gasteiger partial charge in [-0.3, -0.25) is 9.59 Å². The van der Waals surface area contributed by atoms with Crippen molar-refractivity contribution < 1.29 is 19.1 Å². The zero-order valence-electron chi connectivity index (χ0n) is 10.8. The van der Waals surface area contributed by atoms with Crippen molar-refractivity contribution >= 4 is 11.9 Å². The van der Waals surface area contributed by atoms with Gasteiger partial charge in [-0.25, -0.2) is 0 Å². The third-order valence-electron chi connectivity index (χ3n) is 3.56. The van der Waals surface area contributed by atoms with Crippen molar-refractivity contribution in [3.8, 4) is 0 Å². The number of amides is 1. The van der Waals surface area contributed by atoms with Crippen molar-refractivity contribution in [2.24, 2.45) is 5.92 Å². The fourth-order valence-corrected chi connectivity index (χ4v) is 2.54. The molecule has 1 aromatic rings. The van der Waals surface area contributed by atoms with E-state index >= 15 is 0 Å². The largest absolute Gasteiger partial charge is 0.481 e. The highest BCUT2D eigenvalue weighted by Crippen LogP contribution is 2.25. The molecule has 1 aliphatic rings. The van der Waals surface area contributed by atoms with Crippen LogP contribution in [-0.2, 0) is 9.59 Å². The van der Waals surface area contributed by atoms with Crippen LogP contribution in [0.2, 0.25) is 0 Å². The normalized spacial score (nSPS) is 17.9. The third-order valence-corrected chi connectivity index (χ3v) is 3.56. The Morgan fingerprint density at radius 1 is 1.37 bits per heavy atom. The van der Waals surface area contributed by atoms with E-state index in [9.17, 15) is 9.59 Å². The summed E-state index contributed by atoms with van der Waals surface area (Å²) in [6.45, 7) is 0. The summed E-state index contributed by atoms with van der Waals surface area (Å²) in [5.41, 5.74) is 0. The second kappa shape index (κ2) is 6.41. The highest BCUT2D eigenvalue weighted by atomic mass is 16.4. The summed E-state index contributed by atoms with van der Waals surface area (Å²) >= 11 is 0. The molecule has 2 rings (SSSR count). The maximum Gasteiger partial charge on any atom is 0.305 e. The first-order valence-electron chi connectivity index (χ1n) is 6.72. The lowest BCUT2D eigenvalue weighted by atomic mass is 9.88. The second-order valence-corrected chi connectivity index (χ2v) is 5.01. The number of carbonyl (C=O) groups excluding carboxylic acids is 1. The molecule has 1 atom stereocenters. The quantitative estimate of drug-likeness (QED) is 0.857. The fraction of sp³-hybridized carbons (Fsp3) is 0.571. The van der Waals surface area contributed by atoms with Crippen molar-refractivity contribution in [3.05, 3.63) is 24.2 Å². The summed E-state index contributed by atoms with van der Waals surface area (Å²) in [5.74, 6) is -0.501. The van der Waals surface area contributed by atoms with Crippen LogP contribution >= 0.6 is 0 Å². The highest BCUT2D eigenvalue weighted by Gasteiger charge is 2.26. The van der Waals surface area contributed by atoms with Gasteiger partial charge in [0.2, 0.25) is 5.91 Å². The molecule has 1 aliphatic carbocycles. The van der Waals surface area contributed by atoms with E-state index in [4.69, 9.17) is 9.52 Å². The van der Waals surface area contributed by atoms with Crippen LogP contribution in [0, 0.1) is 5.92 Å². The predicted molar refractivity (Wildman–Crippen MR) is 68.4 cm³/mol. The first-order valence-corrected chi connectivity index (χ1v) is 6.72. The second-order valence-electron chi connectivity index (χ2n) is 5.01. The minimum atomic E-state index is -0.953. The Morgan fingerprint density at radius 3 is 2.68 bits per heavy atom. The fourth-order valence-electron chi connectivity index (χ4n) is 2.54. The average Bonchev–Trinajstić information content (AvgIpc) is 2.92. The average molecular weight is 265 g/mol. The van der Waals surface area contributed by atoms with Crippen LogP contribution < -0.4 is 5.32 Å². The number of hydrogen-bond donors (Lipinski definition) is 2. The maximum absolute atomic E-state index is 12.1. The molecule has 19 heavy (non-hydrogen) atoms. The zero-order valence-corrected chi connectivity index (χ0v) is 10.8. The van der Waals surface area contributed by atoms with E-state index in [1.54, 1.807) is 12.1 Å². The van der Waals surface area contributed by atoms with E-state index in [0.29, 0.717) is 5.76 Å². The van der Waals surface area contributed by atoms with E-state index in [0.717, 1.165) is 25.7 Å². The molecule has 1 amide bonds. The molecule has 0 aromatic carbocycles. The lowest BCUT2D eigenvalue weighted by Gasteiger charge is -2.23. The van der Waals surface area contributed by atoms with E-state index in [2.05, 4.69) is 5.32 Å². The van der Waals surface area contributed by atoms with Crippen LogP contribution in [0.15, 0.2) is 22.8 Å². The molecule has 1 unspecified atom stereocenters. The number of carboxylic acid groups (broad SMARTS) is 1. The number of hydrogen-bond acceptors (Lipinski definition) is 3. The summed E-state index contributed by atoms with van der Waals surface area (Å²) in [5, 5.41) is 11.7. The Kier molecular flexibility index (Phi) is 4.60. The van der Waals surface area contributed by atoms with Gasteiger partial charge in [0.1, 0.15) is 5.76 Å². The minimum absolute atomic E-state index is 0.0139. The predicted octanol–water partition coefficient (Wildman–Crippen LogP) is 2.49. The maximum atomic E-state index is 12.1. The minimum Gasteiger partial charge on any atom is -0.481 e. The van der Waals surface area contributed by atoms with Crippen LogP contribution in [0.5, 0.6) is 0 Å². The van der Waals surface area contributed by atoms with E-state index in [-0.39, 0.29) is 18.2 Å². The van der Waals surface area contributed by atoms with Crippen LogP contribution in [0.4, 0.5) is 0 Å². The summed E-state index contributed by atoms with van der Waals surface area (Å²) < 4.78 is 5.21. The van der Waals surface area contributed by atoms with Gasteiger partial charge in [0.25, 0.3) is 0 Å². The molecule has 0 saturated heterocycles. The number of nitrogens with one attached hydrogen (secondary N) is 1. The summed E-state index contributed by atoms with van der Waals surface area (Å²) in [6.07, 6.45) is 6.43. The summed E-state index contributed by atoms with van der Waals surface area (Å²) in [4.78, 5) is 23.0. The Balaban J connectivity index is 1.99. The Labute approximate surface area is 112 Å². The van der Waals surface area contributed by atoms with Gasteiger partial charge >= 0.3 is 5.97 Å². The van der Waals surface area contributed by atoms with Gasteiger partial charge in [-0.15, -0.1) is 0 Å². The van der Waals surface area contributed by atoms with Gasteiger partial charge < -0.3 is 14.8 Å². The van der Waals surface area contributed by atoms with Crippen LogP contribution in [0.1, 0.15) is 50.3 Å². The van der Waals surface area contributed by atoms with E-state index in [1.165, 1.54) is 12.7 Å². The first-order chi connectivity index (χ1) is 9.16. The van der Waals surface area contributed by atoms with E-state index < -0.39 is 12.0 Å². The lowest BCUT2D eigenvalue weighted by Crippen LogP contribution is -2.35. The number of carboxylic acids is 1. The Bertz CT molecular complexity index is 421. The molecule has 1 saturated carbocycles. The molecule has 1 heterocycles. The molecule has 0 bridgehead atoms. The summed E-state index contributed by atoms with van der Waals surface area (Å²) in [6, 6.07) is 2.80. The molecule has 5 nitrogen and oxygen atoms in total. The number of aliphatic carboxylic acids is 1. The molecular formula is C14H19NO4. The first kappa shape index (κ1) is 13.6. The van der Waals surface area contributed by atoms with Gasteiger partial charge in [-0.05, 0) is 25.0 Å². The van der Waals surface area contributed by atoms with E-state index in [1.807, 2.05) is 0 Å². The number of furan rings is 1. The smallest absolute Gasteiger partial charge is 0.305 e. The van der Waals surface area contributed by atoms with Crippen molar-refractivity contribution in [2.75, 3.05) is 0 Å². The van der Waals surface area contributed by atoms with Crippen molar-refractivity contribution in [2.45, 2.75) is 44.6 Å². The standard InChI is InChI=1S/C14H19NO4/c16-13(17)9-11(12-7-4-8-19-12)15-14(18)10-5-2-1-3-6-10/h4,7-8,10-11H,1-3,5-6,9H2,(H,15,18)(H,16,17). The van der Waals surface area contributed by atoms with Crippen molar-refractivity contribution in [3.63, 3.8) is 0 Å². The number of carbonyl (C=O) groups is 2. The van der Waals surface area contributed by atoms with Crippen molar-refractivity contribution in [1.29, 1.82) is 0 Å². The highest BCUT2D eigenvalue weighted by molar-refractivity contribution is 5.80. The molecule has 2 N–H and O–H groups in total. The molecule has 1 aromatic heterocycles. The molecule has 104 valence electrons. The van der Waals surface area contributed by atoms with Crippen LogP contribution in [0.3, 0.4) is 0 Å². The Morgan fingerprint density at radius 2 is 2.11 bits per heavy atom.